The van der Waals surface area contributed by atoms with Crippen LogP contribution in [0.4, 0.5) is 4.79 Å². The Balaban J connectivity index is 2.65. The second kappa shape index (κ2) is 2.03. The van der Waals surface area contributed by atoms with E-state index < -0.39 is 0 Å². The third-order valence-electron chi connectivity index (χ3n) is 1.58. The zero-order valence-electron chi connectivity index (χ0n) is 5.88. The number of hydrogen-bond acceptors (Lipinski definition) is 2. The van der Waals surface area contributed by atoms with Crippen LogP contribution in [0.2, 0.25) is 6.82 Å². The van der Waals surface area contributed by atoms with Gasteiger partial charge in [-0.3, -0.25) is 4.79 Å². The van der Waals surface area contributed by atoms with Crippen LogP contribution in [0, 0.1) is 6.67 Å². The van der Waals surface area contributed by atoms with Crippen LogP contribution in [0.3, 0.4) is 0 Å². The van der Waals surface area contributed by atoms with E-state index in [4.69, 9.17) is 0 Å². The first kappa shape index (κ1) is 6.61. The fourth-order valence-electron chi connectivity index (χ4n) is 0.818. The van der Waals surface area contributed by atoms with Gasteiger partial charge in [0, 0.05) is 7.05 Å². The molecule has 1 rings (SSSR count). The number of carbonyl (C=O) groups excluding carboxylic acids is 1. The van der Waals surface area contributed by atoms with Crippen molar-refractivity contribution < 1.29 is 4.79 Å². The molecule has 3 nitrogen and oxygen atoms in total. The average Bonchev–Trinajstić information content (AvgIpc) is 1.98. The second-order valence-electron chi connectivity index (χ2n) is 2.28. The lowest BCUT2D eigenvalue weighted by Crippen LogP contribution is -2.30. The highest BCUT2D eigenvalue weighted by Crippen LogP contribution is 2.10. The van der Waals surface area contributed by atoms with Gasteiger partial charge in [-0.05, 0) is 7.05 Å². The first-order valence-electron chi connectivity index (χ1n) is 2.89. The van der Waals surface area contributed by atoms with Crippen LogP contribution in [0.5, 0.6) is 0 Å². The summed E-state index contributed by atoms with van der Waals surface area (Å²) in [6.07, 6.45) is 0. The Kier molecular flexibility index (Phi) is 1.49. The standard InChI is InChI=1S/C5H9BN2O/c1-6-5(9)7(2)4-8(6)3/h1-3H3. The number of nitrogens with zero attached hydrogens (tertiary/aromatic N) is 2. The van der Waals surface area contributed by atoms with E-state index >= 15 is 0 Å². The van der Waals surface area contributed by atoms with Crippen molar-refractivity contribution in [3.63, 3.8) is 0 Å². The highest BCUT2D eigenvalue weighted by Gasteiger charge is 2.35. The van der Waals surface area contributed by atoms with E-state index in [0.717, 1.165) is 0 Å². The van der Waals surface area contributed by atoms with E-state index in [9.17, 15) is 4.79 Å². The molecule has 1 fully saturated rings. The predicted molar refractivity (Wildman–Crippen MR) is 35.8 cm³/mol. The van der Waals surface area contributed by atoms with Gasteiger partial charge in [-0.1, -0.05) is 6.82 Å². The molecule has 0 saturated carbocycles. The highest BCUT2D eigenvalue weighted by molar-refractivity contribution is 6.87. The van der Waals surface area contributed by atoms with Crippen molar-refractivity contribution in [3.05, 3.63) is 6.67 Å². The molecule has 1 amide bonds. The summed E-state index contributed by atoms with van der Waals surface area (Å²) in [6, 6.07) is 0. The number of hydrogen-bond donors (Lipinski definition) is 0. The minimum absolute atomic E-state index is 0.0324. The van der Waals surface area contributed by atoms with Crippen molar-refractivity contribution in [3.8, 4) is 0 Å². The average molecular weight is 124 g/mol. The van der Waals surface area contributed by atoms with Crippen LogP contribution in [0.15, 0.2) is 0 Å². The van der Waals surface area contributed by atoms with E-state index in [-0.39, 0.29) is 12.7 Å². The summed E-state index contributed by atoms with van der Waals surface area (Å²) in [6.45, 7) is 4.66. The maximum absolute atomic E-state index is 10.9. The Morgan fingerprint density at radius 2 is 2.11 bits per heavy atom. The molecule has 1 saturated heterocycles. The third-order valence-corrected chi connectivity index (χ3v) is 1.58. The quantitative estimate of drug-likeness (QED) is 0.430. The monoisotopic (exact) mass is 124 g/mol. The molecule has 0 aromatic heterocycles. The van der Waals surface area contributed by atoms with E-state index in [1.54, 1.807) is 11.9 Å². The van der Waals surface area contributed by atoms with Crippen molar-refractivity contribution in [2.45, 2.75) is 6.82 Å². The fourth-order valence-corrected chi connectivity index (χ4v) is 0.818. The van der Waals surface area contributed by atoms with Crippen LogP contribution in [0.1, 0.15) is 0 Å². The highest BCUT2D eigenvalue weighted by atomic mass is 16.2. The van der Waals surface area contributed by atoms with Gasteiger partial charge in [0.1, 0.15) is 0 Å². The summed E-state index contributed by atoms with van der Waals surface area (Å²) in [5.74, 6) is 0.109. The van der Waals surface area contributed by atoms with Gasteiger partial charge in [-0.25, -0.2) is 0 Å². The number of carbonyl (C=O) groups is 1. The Hall–Kier alpha value is -0.505. The molecule has 0 unspecified atom stereocenters. The Labute approximate surface area is 55.7 Å². The molecule has 48 valence electrons. The maximum Gasteiger partial charge on any atom is 0.330 e. The van der Waals surface area contributed by atoms with Crippen LogP contribution in [0.25, 0.3) is 0 Å². The van der Waals surface area contributed by atoms with Gasteiger partial charge in [0.15, 0.2) is 12.5 Å². The molecule has 4 heteroatoms. The van der Waals surface area contributed by atoms with Crippen LogP contribution in [-0.2, 0) is 0 Å². The molecule has 1 aliphatic heterocycles. The largest absolute Gasteiger partial charge is 0.330 e. The summed E-state index contributed by atoms with van der Waals surface area (Å²) >= 11 is 0. The van der Waals surface area contributed by atoms with Gasteiger partial charge in [0.05, 0.1) is 0 Å². The lowest BCUT2D eigenvalue weighted by Gasteiger charge is -2.05. The van der Waals surface area contributed by atoms with Crippen molar-refractivity contribution >= 4 is 12.7 Å². The molecule has 1 heterocycles. The van der Waals surface area contributed by atoms with E-state index in [1.807, 2.05) is 13.9 Å². The van der Waals surface area contributed by atoms with Crippen molar-refractivity contribution in [2.24, 2.45) is 0 Å². The van der Waals surface area contributed by atoms with Gasteiger partial charge in [-0.2, -0.15) is 0 Å². The molecular weight excluding hydrogens is 115 g/mol. The van der Waals surface area contributed by atoms with Gasteiger partial charge >= 0.3 is 6.85 Å². The molecular formula is C5H9BN2O. The summed E-state index contributed by atoms with van der Waals surface area (Å²) in [5, 5.41) is 0. The summed E-state index contributed by atoms with van der Waals surface area (Å²) in [4.78, 5) is 14.2. The Morgan fingerprint density at radius 3 is 2.22 bits per heavy atom. The summed E-state index contributed by atoms with van der Waals surface area (Å²) in [5.41, 5.74) is 0. The molecule has 0 N–H and O–H groups in total. The third kappa shape index (κ3) is 0.943. The zero-order chi connectivity index (χ0) is 7.02. The number of amides is 1. The van der Waals surface area contributed by atoms with E-state index in [2.05, 4.69) is 6.67 Å². The summed E-state index contributed by atoms with van der Waals surface area (Å²) in [7, 11) is 3.55. The van der Waals surface area contributed by atoms with Crippen LogP contribution in [-0.4, -0.2) is 36.5 Å². The lowest BCUT2D eigenvalue weighted by atomic mass is 9.64. The van der Waals surface area contributed by atoms with Crippen LogP contribution >= 0.6 is 0 Å². The minimum Gasteiger partial charge on any atom is -0.328 e. The van der Waals surface area contributed by atoms with E-state index in [0.29, 0.717) is 0 Å². The first-order valence-corrected chi connectivity index (χ1v) is 2.89. The SMILES string of the molecule is CB1C(=O)N(C)[C]N1C. The predicted octanol–water partition coefficient (Wildman–Crippen LogP) is 0.183. The molecule has 1 aliphatic rings. The molecule has 0 bridgehead atoms. The number of rotatable bonds is 0. The minimum atomic E-state index is -0.0324. The van der Waals surface area contributed by atoms with Crippen molar-refractivity contribution in [1.29, 1.82) is 0 Å². The second-order valence-corrected chi connectivity index (χ2v) is 2.28. The molecule has 9 heavy (non-hydrogen) atoms. The molecule has 0 aromatic carbocycles. The molecule has 0 spiro atoms. The normalized spacial score (nSPS) is 21.9. The first-order chi connectivity index (χ1) is 4.13. The van der Waals surface area contributed by atoms with E-state index in [1.165, 1.54) is 4.90 Å². The zero-order valence-corrected chi connectivity index (χ0v) is 5.88. The topological polar surface area (TPSA) is 23.6 Å². The van der Waals surface area contributed by atoms with Gasteiger partial charge in [0.2, 0.25) is 0 Å². The van der Waals surface area contributed by atoms with Crippen molar-refractivity contribution in [2.75, 3.05) is 14.1 Å². The maximum atomic E-state index is 10.9. The van der Waals surface area contributed by atoms with Gasteiger partial charge in [0.25, 0.3) is 0 Å². The summed E-state index contributed by atoms with van der Waals surface area (Å²) < 4.78 is 0. The molecule has 0 aromatic rings. The van der Waals surface area contributed by atoms with Crippen molar-refractivity contribution in [1.82, 2.24) is 9.71 Å². The Morgan fingerprint density at radius 1 is 1.56 bits per heavy atom. The molecule has 0 atom stereocenters. The van der Waals surface area contributed by atoms with Gasteiger partial charge in [-0.15, -0.1) is 0 Å². The smallest absolute Gasteiger partial charge is 0.328 e. The molecule has 2 radical (unpaired) electrons. The fraction of sp³-hybridized carbons (Fsp3) is 0.600. The Bertz CT molecular complexity index is 139. The van der Waals surface area contributed by atoms with Gasteiger partial charge < -0.3 is 9.71 Å². The lowest BCUT2D eigenvalue weighted by molar-refractivity contribution is 0.240. The van der Waals surface area contributed by atoms with Crippen LogP contribution < -0.4 is 0 Å². The molecule has 0 aliphatic carbocycles.